The van der Waals surface area contributed by atoms with Crippen molar-refractivity contribution < 1.29 is 18.5 Å². The highest BCUT2D eigenvalue weighted by molar-refractivity contribution is 7.84. The molecule has 0 aliphatic rings. The maximum absolute atomic E-state index is 13.7. The minimum atomic E-state index is -1.41. The number of aliphatic hydroxyl groups excluding tert-OH is 1. The number of urea groups is 1. The molecule has 7 heteroatoms. The van der Waals surface area contributed by atoms with Gasteiger partial charge in [-0.2, -0.15) is 0 Å². The zero-order valence-electron chi connectivity index (χ0n) is 12.3. The Balaban J connectivity index is 2.76. The zero-order valence-corrected chi connectivity index (χ0v) is 13.1. The molecule has 0 saturated heterocycles. The molecule has 0 aliphatic carbocycles. The first-order valence-electron chi connectivity index (χ1n) is 6.79. The number of carbonyl (C=O) groups excluding carboxylic acids is 1. The van der Waals surface area contributed by atoms with Crippen molar-refractivity contribution in [2.24, 2.45) is 0 Å². The lowest BCUT2D eigenvalue weighted by atomic mass is 10.3. The summed E-state index contributed by atoms with van der Waals surface area (Å²) >= 11 is 0. The summed E-state index contributed by atoms with van der Waals surface area (Å²) in [6, 6.07) is 3.66. The Bertz CT molecular complexity index is 511. The highest BCUT2D eigenvalue weighted by atomic mass is 32.2. The monoisotopic (exact) mass is 316 g/mol. The number of rotatable bonds is 7. The van der Waals surface area contributed by atoms with Gasteiger partial charge in [0.2, 0.25) is 0 Å². The highest BCUT2D eigenvalue weighted by Crippen LogP contribution is 2.17. The van der Waals surface area contributed by atoms with E-state index in [1.54, 1.807) is 0 Å². The van der Waals surface area contributed by atoms with E-state index in [9.17, 15) is 13.4 Å². The van der Waals surface area contributed by atoms with E-state index in [2.05, 4.69) is 5.32 Å². The van der Waals surface area contributed by atoms with Gasteiger partial charge in [0.05, 0.1) is 22.3 Å². The van der Waals surface area contributed by atoms with Gasteiger partial charge in [0, 0.05) is 25.0 Å². The first kappa shape index (κ1) is 17.6. The number of aliphatic hydroxyl groups is 1. The summed E-state index contributed by atoms with van der Waals surface area (Å²) in [4.78, 5) is 13.6. The van der Waals surface area contributed by atoms with Crippen molar-refractivity contribution in [2.45, 2.75) is 24.7 Å². The van der Waals surface area contributed by atoms with E-state index in [-0.39, 0.29) is 24.1 Å². The molecule has 0 heterocycles. The molecular weight excluding hydrogens is 295 g/mol. The second-order valence-electron chi connectivity index (χ2n) is 4.59. The predicted molar refractivity (Wildman–Crippen MR) is 81.3 cm³/mol. The van der Waals surface area contributed by atoms with Gasteiger partial charge in [-0.1, -0.05) is 13.3 Å². The number of benzene rings is 1. The smallest absolute Gasteiger partial charge is 0.321 e. The Morgan fingerprint density at radius 3 is 2.67 bits per heavy atom. The standard InChI is InChI=1S/C14H21FN2O3S/c1-3-4-7-17(8-9-18)14(19)16-11-5-6-13(21(2)20)12(15)10-11/h5-6,10,18H,3-4,7-9H2,1-2H3,(H,16,19). The van der Waals surface area contributed by atoms with Gasteiger partial charge in [0.25, 0.3) is 0 Å². The molecule has 0 aromatic heterocycles. The number of nitrogens with one attached hydrogen (secondary N) is 1. The molecule has 0 spiro atoms. The number of carbonyl (C=O) groups is 1. The van der Waals surface area contributed by atoms with Crippen LogP contribution >= 0.6 is 0 Å². The van der Waals surface area contributed by atoms with Crippen LogP contribution in [0.5, 0.6) is 0 Å². The number of hydrogen-bond acceptors (Lipinski definition) is 3. The largest absolute Gasteiger partial charge is 0.395 e. The summed E-state index contributed by atoms with van der Waals surface area (Å²) in [5.74, 6) is -0.615. The Hall–Kier alpha value is -1.47. The minimum absolute atomic E-state index is 0.103. The first-order chi connectivity index (χ1) is 9.99. The van der Waals surface area contributed by atoms with E-state index in [1.165, 1.54) is 23.3 Å². The van der Waals surface area contributed by atoms with Crippen molar-refractivity contribution in [1.82, 2.24) is 4.90 Å². The van der Waals surface area contributed by atoms with Crippen molar-refractivity contribution in [1.29, 1.82) is 0 Å². The summed E-state index contributed by atoms with van der Waals surface area (Å²) in [5.41, 5.74) is 0.297. The fraction of sp³-hybridized carbons (Fsp3) is 0.500. The van der Waals surface area contributed by atoms with Crippen LogP contribution in [0.2, 0.25) is 0 Å². The molecule has 0 bridgehead atoms. The molecular formula is C14H21FN2O3S. The topological polar surface area (TPSA) is 69.6 Å². The molecule has 0 radical (unpaired) electrons. The van der Waals surface area contributed by atoms with E-state index < -0.39 is 16.6 Å². The van der Waals surface area contributed by atoms with Crippen LogP contribution in [-0.4, -0.2) is 46.2 Å². The lowest BCUT2D eigenvalue weighted by Gasteiger charge is -2.22. The fourth-order valence-corrected chi connectivity index (χ4v) is 2.39. The molecule has 5 nitrogen and oxygen atoms in total. The van der Waals surface area contributed by atoms with E-state index in [0.29, 0.717) is 12.2 Å². The second-order valence-corrected chi connectivity index (χ2v) is 5.94. The van der Waals surface area contributed by atoms with E-state index >= 15 is 0 Å². The third-order valence-electron chi connectivity index (χ3n) is 2.93. The Morgan fingerprint density at radius 1 is 1.43 bits per heavy atom. The number of halogens is 1. The highest BCUT2D eigenvalue weighted by Gasteiger charge is 2.14. The third-order valence-corrected chi connectivity index (χ3v) is 3.88. The van der Waals surface area contributed by atoms with Crippen LogP contribution < -0.4 is 5.32 Å². The SMILES string of the molecule is CCCCN(CCO)C(=O)Nc1ccc(S(C)=O)c(F)c1. The maximum Gasteiger partial charge on any atom is 0.321 e. The molecule has 2 N–H and O–H groups in total. The molecule has 0 saturated carbocycles. The lowest BCUT2D eigenvalue weighted by molar-refractivity contribution is 0.187. The first-order valence-corrected chi connectivity index (χ1v) is 8.35. The quantitative estimate of drug-likeness (QED) is 0.810. The van der Waals surface area contributed by atoms with Crippen LogP contribution in [0.1, 0.15) is 19.8 Å². The van der Waals surface area contributed by atoms with Gasteiger partial charge < -0.3 is 15.3 Å². The molecule has 1 aromatic rings. The minimum Gasteiger partial charge on any atom is -0.395 e. The van der Waals surface area contributed by atoms with Crippen LogP contribution in [-0.2, 0) is 10.8 Å². The molecule has 21 heavy (non-hydrogen) atoms. The Kier molecular flexibility index (Phi) is 7.31. The molecule has 118 valence electrons. The normalized spacial score (nSPS) is 12.0. The summed E-state index contributed by atoms with van der Waals surface area (Å²) in [6.07, 6.45) is 3.15. The molecule has 1 rings (SSSR count). The van der Waals surface area contributed by atoms with Crippen molar-refractivity contribution in [3.05, 3.63) is 24.0 Å². The summed E-state index contributed by atoms with van der Waals surface area (Å²) < 4.78 is 25.0. The molecule has 1 aromatic carbocycles. The Morgan fingerprint density at radius 2 is 2.14 bits per heavy atom. The van der Waals surface area contributed by atoms with Gasteiger partial charge in [-0.15, -0.1) is 0 Å². The average molecular weight is 316 g/mol. The van der Waals surface area contributed by atoms with Crippen LogP contribution in [0.3, 0.4) is 0 Å². The summed E-state index contributed by atoms with van der Waals surface area (Å²) in [7, 11) is -1.41. The van der Waals surface area contributed by atoms with E-state index in [1.807, 2.05) is 6.92 Å². The predicted octanol–water partition coefficient (Wildman–Crippen LogP) is 2.19. The average Bonchev–Trinajstić information content (AvgIpc) is 2.43. The van der Waals surface area contributed by atoms with Gasteiger partial charge in [0.1, 0.15) is 5.82 Å². The van der Waals surface area contributed by atoms with Crippen LogP contribution in [0.4, 0.5) is 14.9 Å². The van der Waals surface area contributed by atoms with Crippen molar-refractivity contribution in [3.63, 3.8) is 0 Å². The second kappa shape index (κ2) is 8.74. The zero-order chi connectivity index (χ0) is 15.8. The molecule has 0 fully saturated rings. The maximum atomic E-state index is 13.7. The van der Waals surface area contributed by atoms with Gasteiger partial charge >= 0.3 is 6.03 Å². The van der Waals surface area contributed by atoms with Crippen LogP contribution in [0.25, 0.3) is 0 Å². The number of anilines is 1. The molecule has 0 aliphatic heterocycles. The van der Waals surface area contributed by atoms with Gasteiger partial charge in [-0.3, -0.25) is 4.21 Å². The van der Waals surface area contributed by atoms with Crippen molar-refractivity contribution in [3.8, 4) is 0 Å². The number of unbranched alkanes of at least 4 members (excludes halogenated alkanes) is 1. The fourth-order valence-electron chi connectivity index (χ4n) is 1.80. The third kappa shape index (κ3) is 5.43. The number of amides is 2. The van der Waals surface area contributed by atoms with Crippen molar-refractivity contribution in [2.75, 3.05) is 31.3 Å². The molecule has 1 unspecified atom stereocenters. The van der Waals surface area contributed by atoms with Gasteiger partial charge in [-0.05, 0) is 24.6 Å². The van der Waals surface area contributed by atoms with Crippen LogP contribution in [0.15, 0.2) is 23.1 Å². The summed E-state index contributed by atoms with van der Waals surface area (Å²) in [5, 5.41) is 11.6. The Labute approximate surface area is 126 Å². The van der Waals surface area contributed by atoms with E-state index in [0.717, 1.165) is 18.9 Å². The van der Waals surface area contributed by atoms with Crippen molar-refractivity contribution >= 4 is 22.5 Å². The molecule has 2 amide bonds. The van der Waals surface area contributed by atoms with E-state index in [4.69, 9.17) is 5.11 Å². The summed E-state index contributed by atoms with van der Waals surface area (Å²) in [6.45, 7) is 2.64. The number of hydrogen-bond donors (Lipinski definition) is 2. The van der Waals surface area contributed by atoms with Gasteiger partial charge in [0.15, 0.2) is 0 Å². The van der Waals surface area contributed by atoms with Crippen LogP contribution in [0, 0.1) is 5.82 Å². The lowest BCUT2D eigenvalue weighted by Crippen LogP contribution is -2.37. The number of nitrogens with zero attached hydrogens (tertiary/aromatic N) is 1. The molecule has 1 atom stereocenters. The van der Waals surface area contributed by atoms with Gasteiger partial charge in [-0.25, -0.2) is 9.18 Å².